The number of amides is 1. The van der Waals surface area contributed by atoms with Gasteiger partial charge in [0.2, 0.25) is 0 Å². The molecular weight excluding hydrogens is 332 g/mol. The van der Waals surface area contributed by atoms with Crippen LogP contribution in [0.2, 0.25) is 0 Å². The molecule has 1 amide bonds. The molecule has 1 aromatic carbocycles. The molecule has 0 N–H and O–H groups in total. The third kappa shape index (κ3) is 4.37. The summed E-state index contributed by atoms with van der Waals surface area (Å²) in [4.78, 5) is 16.3. The lowest BCUT2D eigenvalue weighted by Crippen LogP contribution is -2.54. The van der Waals surface area contributed by atoms with Gasteiger partial charge < -0.3 is 14.5 Å². The largest absolute Gasteiger partial charge is 0.444 e. The second kappa shape index (κ2) is 6.26. The molecule has 21 heavy (non-hydrogen) atoms. The number of rotatable bonds is 1. The number of carbonyl (C=O) groups excluding carboxylic acids is 1. The smallest absolute Gasteiger partial charge is 0.410 e. The molecule has 0 aromatic heterocycles. The van der Waals surface area contributed by atoms with Crippen molar-refractivity contribution in [2.24, 2.45) is 0 Å². The van der Waals surface area contributed by atoms with Crippen molar-refractivity contribution in [2.75, 3.05) is 24.5 Å². The van der Waals surface area contributed by atoms with E-state index in [1.807, 2.05) is 32.9 Å². The van der Waals surface area contributed by atoms with Crippen molar-refractivity contribution >= 4 is 27.7 Å². The zero-order valence-corrected chi connectivity index (χ0v) is 14.7. The maximum Gasteiger partial charge on any atom is 0.410 e. The highest BCUT2D eigenvalue weighted by molar-refractivity contribution is 9.10. The topological polar surface area (TPSA) is 32.8 Å². The number of benzene rings is 1. The molecule has 5 heteroatoms. The number of hydrogen-bond donors (Lipinski definition) is 0. The standard InChI is InChI=1S/C16H23BrN2O2/c1-12-11-18(15(20)21-16(2,3)4)8-9-19(12)14-7-5-6-13(17)10-14/h5-7,10,12H,8-9,11H2,1-4H3. The van der Waals surface area contributed by atoms with Crippen LogP contribution in [-0.4, -0.2) is 42.3 Å². The minimum atomic E-state index is -0.443. The van der Waals surface area contributed by atoms with Crippen LogP contribution in [0.1, 0.15) is 27.7 Å². The van der Waals surface area contributed by atoms with Gasteiger partial charge in [-0.2, -0.15) is 0 Å². The summed E-state index contributed by atoms with van der Waals surface area (Å²) in [6, 6.07) is 8.53. The molecule has 2 rings (SSSR count). The van der Waals surface area contributed by atoms with E-state index in [-0.39, 0.29) is 12.1 Å². The van der Waals surface area contributed by atoms with E-state index in [1.54, 1.807) is 4.90 Å². The molecule has 0 aliphatic carbocycles. The minimum absolute atomic E-state index is 0.219. The molecule has 116 valence electrons. The van der Waals surface area contributed by atoms with Crippen LogP contribution in [-0.2, 0) is 4.74 Å². The normalized spacial score (nSPS) is 19.6. The van der Waals surface area contributed by atoms with Crippen LogP contribution in [0.4, 0.5) is 10.5 Å². The fourth-order valence-electron chi connectivity index (χ4n) is 2.49. The van der Waals surface area contributed by atoms with Gasteiger partial charge in [0.05, 0.1) is 0 Å². The monoisotopic (exact) mass is 354 g/mol. The summed E-state index contributed by atoms with van der Waals surface area (Å²) in [5.74, 6) is 0. The Bertz CT molecular complexity index is 513. The molecule has 1 heterocycles. The molecule has 1 saturated heterocycles. The lowest BCUT2D eigenvalue weighted by atomic mass is 10.1. The van der Waals surface area contributed by atoms with E-state index in [2.05, 4.69) is 39.9 Å². The van der Waals surface area contributed by atoms with Gasteiger partial charge >= 0.3 is 6.09 Å². The summed E-state index contributed by atoms with van der Waals surface area (Å²) in [7, 11) is 0. The Morgan fingerprint density at radius 3 is 2.62 bits per heavy atom. The van der Waals surface area contributed by atoms with Crippen LogP contribution in [0.3, 0.4) is 0 Å². The lowest BCUT2D eigenvalue weighted by Gasteiger charge is -2.41. The van der Waals surface area contributed by atoms with Crippen molar-refractivity contribution in [3.8, 4) is 0 Å². The molecule has 1 aliphatic heterocycles. The van der Waals surface area contributed by atoms with Crippen LogP contribution in [0.15, 0.2) is 28.7 Å². The summed E-state index contributed by atoms with van der Waals surface area (Å²) in [6.45, 7) is 10.0. The molecule has 1 atom stereocenters. The zero-order chi connectivity index (χ0) is 15.6. The summed E-state index contributed by atoms with van der Waals surface area (Å²) >= 11 is 3.51. The Morgan fingerprint density at radius 1 is 1.33 bits per heavy atom. The van der Waals surface area contributed by atoms with Crippen LogP contribution in [0, 0.1) is 0 Å². The quantitative estimate of drug-likeness (QED) is 0.766. The van der Waals surface area contributed by atoms with E-state index < -0.39 is 5.60 Å². The Morgan fingerprint density at radius 2 is 2.05 bits per heavy atom. The highest BCUT2D eigenvalue weighted by Crippen LogP contribution is 2.24. The number of piperazine rings is 1. The molecule has 0 saturated carbocycles. The van der Waals surface area contributed by atoms with E-state index in [9.17, 15) is 4.79 Å². The fourth-order valence-corrected chi connectivity index (χ4v) is 2.88. The van der Waals surface area contributed by atoms with Crippen LogP contribution in [0.25, 0.3) is 0 Å². The van der Waals surface area contributed by atoms with Crippen molar-refractivity contribution in [3.05, 3.63) is 28.7 Å². The van der Waals surface area contributed by atoms with E-state index in [0.717, 1.165) is 11.0 Å². The molecule has 4 nitrogen and oxygen atoms in total. The van der Waals surface area contributed by atoms with Crippen molar-refractivity contribution < 1.29 is 9.53 Å². The molecule has 1 unspecified atom stereocenters. The third-order valence-electron chi connectivity index (χ3n) is 3.42. The second-order valence-electron chi connectivity index (χ2n) is 6.45. The van der Waals surface area contributed by atoms with Gasteiger partial charge in [-0.25, -0.2) is 4.79 Å². The molecule has 1 aromatic rings. The van der Waals surface area contributed by atoms with E-state index >= 15 is 0 Å². The Kier molecular flexibility index (Phi) is 4.81. The van der Waals surface area contributed by atoms with Gasteiger partial charge in [-0.05, 0) is 45.9 Å². The van der Waals surface area contributed by atoms with Crippen molar-refractivity contribution in [1.29, 1.82) is 0 Å². The first kappa shape index (κ1) is 16.1. The molecule has 0 spiro atoms. The SMILES string of the molecule is CC1CN(C(=O)OC(C)(C)C)CCN1c1cccc(Br)c1. The van der Waals surface area contributed by atoms with Crippen LogP contribution >= 0.6 is 15.9 Å². The molecule has 1 fully saturated rings. The van der Waals surface area contributed by atoms with Gasteiger partial charge in [-0.1, -0.05) is 22.0 Å². The Labute approximate surface area is 135 Å². The van der Waals surface area contributed by atoms with Gasteiger partial charge in [0, 0.05) is 35.8 Å². The van der Waals surface area contributed by atoms with Gasteiger partial charge in [0.25, 0.3) is 0 Å². The average Bonchev–Trinajstić information content (AvgIpc) is 2.36. The maximum absolute atomic E-state index is 12.1. The molecular formula is C16H23BrN2O2. The number of hydrogen-bond acceptors (Lipinski definition) is 3. The molecule has 0 radical (unpaired) electrons. The second-order valence-corrected chi connectivity index (χ2v) is 7.36. The first-order valence-electron chi connectivity index (χ1n) is 7.26. The maximum atomic E-state index is 12.1. The highest BCUT2D eigenvalue weighted by Gasteiger charge is 2.29. The minimum Gasteiger partial charge on any atom is -0.444 e. The first-order chi connectivity index (χ1) is 9.76. The fraction of sp³-hybridized carbons (Fsp3) is 0.562. The van der Waals surface area contributed by atoms with Gasteiger partial charge in [-0.3, -0.25) is 0 Å². The van der Waals surface area contributed by atoms with Crippen LogP contribution < -0.4 is 4.90 Å². The zero-order valence-electron chi connectivity index (χ0n) is 13.1. The summed E-state index contributed by atoms with van der Waals surface area (Å²) in [5, 5.41) is 0. The predicted octanol–water partition coefficient (Wildman–Crippen LogP) is 3.89. The van der Waals surface area contributed by atoms with Crippen LogP contribution in [0.5, 0.6) is 0 Å². The van der Waals surface area contributed by atoms with Crippen molar-refractivity contribution in [2.45, 2.75) is 39.3 Å². The van der Waals surface area contributed by atoms with Gasteiger partial charge in [0.15, 0.2) is 0 Å². The number of anilines is 1. The predicted molar refractivity (Wildman–Crippen MR) is 88.8 cm³/mol. The number of ether oxygens (including phenoxy) is 1. The van der Waals surface area contributed by atoms with Crippen molar-refractivity contribution in [1.82, 2.24) is 4.90 Å². The molecule has 0 bridgehead atoms. The lowest BCUT2D eigenvalue weighted by molar-refractivity contribution is 0.0219. The summed E-state index contributed by atoms with van der Waals surface area (Å²) in [6.07, 6.45) is -0.219. The Balaban J connectivity index is 2.01. The molecule has 1 aliphatic rings. The van der Waals surface area contributed by atoms with Gasteiger partial charge in [-0.15, -0.1) is 0 Å². The number of halogens is 1. The third-order valence-corrected chi connectivity index (χ3v) is 3.91. The number of carbonyl (C=O) groups is 1. The first-order valence-corrected chi connectivity index (χ1v) is 8.06. The average molecular weight is 355 g/mol. The van der Waals surface area contributed by atoms with E-state index in [0.29, 0.717) is 13.1 Å². The van der Waals surface area contributed by atoms with Gasteiger partial charge in [0.1, 0.15) is 5.60 Å². The van der Waals surface area contributed by atoms with Crippen molar-refractivity contribution in [3.63, 3.8) is 0 Å². The van der Waals surface area contributed by atoms with E-state index in [4.69, 9.17) is 4.74 Å². The summed E-state index contributed by atoms with van der Waals surface area (Å²) < 4.78 is 6.52. The van der Waals surface area contributed by atoms with E-state index in [1.165, 1.54) is 5.69 Å². The number of nitrogens with zero attached hydrogens (tertiary/aromatic N) is 2. The highest BCUT2D eigenvalue weighted by atomic mass is 79.9. The Hall–Kier alpha value is -1.23. The summed E-state index contributed by atoms with van der Waals surface area (Å²) in [5.41, 5.74) is 0.739.